The highest BCUT2D eigenvalue weighted by molar-refractivity contribution is 8.00. The summed E-state index contributed by atoms with van der Waals surface area (Å²) in [5.41, 5.74) is 13.4. The molecule has 3 heterocycles. The maximum Gasteiger partial charge on any atom is 0.352 e. The predicted octanol–water partition coefficient (Wildman–Crippen LogP) is 2.28. The van der Waals surface area contributed by atoms with Crippen LogP contribution < -0.4 is 26.7 Å². The summed E-state index contributed by atoms with van der Waals surface area (Å²) in [7, 11) is 3.59. The Hall–Kier alpha value is -2.62. The second-order valence-corrected chi connectivity index (χ2v) is 12.9. The number of carboxylic acids is 1. The van der Waals surface area contributed by atoms with Crippen LogP contribution in [0.25, 0.3) is 0 Å². The third-order valence-electron chi connectivity index (χ3n) is 6.23. The number of nitrogens with two attached hydrogens (primary N) is 2. The smallest absolute Gasteiger partial charge is 0.352 e. The predicted molar refractivity (Wildman–Crippen MR) is 164 cm³/mol. The molecular weight excluding hydrogens is 629 g/mol. The van der Waals surface area contributed by atoms with Crippen molar-refractivity contribution in [2.75, 3.05) is 35.8 Å². The van der Waals surface area contributed by atoms with Crippen molar-refractivity contribution in [1.29, 1.82) is 0 Å². The van der Waals surface area contributed by atoms with Gasteiger partial charge in [0.25, 0.3) is 5.91 Å². The zero-order valence-corrected chi connectivity index (χ0v) is 26.0. The lowest BCUT2D eigenvalue weighted by atomic mass is 10.0. The first-order chi connectivity index (χ1) is 19.5. The van der Waals surface area contributed by atoms with Gasteiger partial charge in [-0.3, -0.25) is 14.5 Å². The number of thioether (sulfide) groups is 3. The number of allylic oxidation sites excluding steroid dienone is 1. The van der Waals surface area contributed by atoms with E-state index in [1.165, 1.54) is 40.2 Å². The lowest BCUT2D eigenvalue weighted by molar-refractivity contribution is -0.699. The molecular formula is C25H28Cl2N7O4S3+. The molecule has 0 saturated carbocycles. The number of nitrogens with zero attached hydrogens (tertiary/aromatic N) is 3. The van der Waals surface area contributed by atoms with Gasteiger partial charge in [0.15, 0.2) is 0 Å². The molecule has 11 nitrogen and oxygen atoms in total. The maximum absolute atomic E-state index is 12.9. The number of nitrogens with one attached hydrogen (secondary N) is 2. The van der Waals surface area contributed by atoms with Gasteiger partial charge in [0, 0.05) is 28.0 Å². The van der Waals surface area contributed by atoms with Crippen molar-refractivity contribution in [3.63, 3.8) is 0 Å². The van der Waals surface area contributed by atoms with E-state index < -0.39 is 23.3 Å². The third kappa shape index (κ3) is 6.89. The second-order valence-electron chi connectivity index (χ2n) is 8.94. The Balaban J connectivity index is 1.38. The first kappa shape index (κ1) is 31.3. The summed E-state index contributed by atoms with van der Waals surface area (Å²) in [6, 6.07) is 4.15. The summed E-state index contributed by atoms with van der Waals surface area (Å²) in [6.07, 6.45) is 3.51. The molecule has 0 bridgehead atoms. The van der Waals surface area contributed by atoms with Gasteiger partial charge in [-0.05, 0) is 42.6 Å². The van der Waals surface area contributed by atoms with Crippen LogP contribution >= 0.6 is 58.5 Å². The number of aromatic nitrogens is 2. The van der Waals surface area contributed by atoms with E-state index in [0.29, 0.717) is 55.4 Å². The molecule has 16 heteroatoms. The number of halogens is 2. The number of hydrogen-bond acceptors (Lipinski definition) is 10. The van der Waals surface area contributed by atoms with E-state index in [1.54, 1.807) is 49.0 Å². The molecule has 218 valence electrons. The van der Waals surface area contributed by atoms with Gasteiger partial charge in [0.05, 0.1) is 23.4 Å². The molecule has 7 N–H and O–H groups in total. The lowest BCUT2D eigenvalue weighted by Crippen LogP contribution is -2.70. The highest BCUT2D eigenvalue weighted by atomic mass is 35.5. The number of fused-ring (bicyclic) bond motifs is 1. The number of hydrogen-bond donors (Lipinski definition) is 5. The molecule has 1 aromatic heterocycles. The fourth-order valence-corrected chi connectivity index (χ4v) is 7.62. The number of carboxylic acid groups (broad SMARTS) is 1. The number of β-lactam (4-membered cyclic amide) rings is 1. The van der Waals surface area contributed by atoms with E-state index in [0.717, 1.165) is 5.56 Å². The number of rotatable bonds is 11. The molecule has 1 saturated heterocycles. The summed E-state index contributed by atoms with van der Waals surface area (Å²) < 4.78 is 1.75. The SMILES string of the molecule is CNCc1c(N)nc(SCC=CC2=C(C(=O)O)N3C(=O)C(NC(=O)CSc4cc(Cl)ccc4Cl)C3SC2)[n+](C)c1N. The molecule has 1 fully saturated rings. The molecule has 2 aliphatic heterocycles. The van der Waals surface area contributed by atoms with E-state index in [-0.39, 0.29) is 17.4 Å². The van der Waals surface area contributed by atoms with Gasteiger partial charge in [-0.1, -0.05) is 40.3 Å². The summed E-state index contributed by atoms with van der Waals surface area (Å²) >= 11 is 16.1. The molecule has 1 aromatic carbocycles. The highest BCUT2D eigenvalue weighted by Crippen LogP contribution is 2.41. The number of nitrogen functional groups attached to an aromatic ring is 2. The molecule has 0 radical (unpaired) electrons. The van der Waals surface area contributed by atoms with Crippen molar-refractivity contribution < 1.29 is 24.1 Å². The van der Waals surface area contributed by atoms with Gasteiger partial charge in [0.2, 0.25) is 17.5 Å². The van der Waals surface area contributed by atoms with E-state index >= 15 is 0 Å². The van der Waals surface area contributed by atoms with Crippen molar-refractivity contribution in [2.45, 2.75) is 28.0 Å². The number of benzene rings is 1. The van der Waals surface area contributed by atoms with Crippen molar-refractivity contribution in [2.24, 2.45) is 7.05 Å². The highest BCUT2D eigenvalue weighted by Gasteiger charge is 2.53. The molecule has 2 aromatic rings. The van der Waals surface area contributed by atoms with Crippen LogP contribution in [0.2, 0.25) is 10.0 Å². The molecule has 2 atom stereocenters. The minimum Gasteiger partial charge on any atom is -0.477 e. The Morgan fingerprint density at radius 3 is 2.78 bits per heavy atom. The van der Waals surface area contributed by atoms with Gasteiger partial charge in [-0.25, -0.2) is 9.36 Å². The molecule has 2 amide bonds. The molecule has 41 heavy (non-hydrogen) atoms. The van der Waals surface area contributed by atoms with Crippen LogP contribution in [0.15, 0.2) is 51.7 Å². The largest absolute Gasteiger partial charge is 0.477 e. The van der Waals surface area contributed by atoms with E-state index in [2.05, 4.69) is 15.6 Å². The quantitative estimate of drug-likeness (QED) is 0.104. The van der Waals surface area contributed by atoms with Gasteiger partial charge in [-0.15, -0.1) is 23.5 Å². The fourth-order valence-electron chi connectivity index (χ4n) is 4.20. The van der Waals surface area contributed by atoms with Crippen LogP contribution in [0.3, 0.4) is 0 Å². The van der Waals surface area contributed by atoms with Crippen LogP contribution in [0.1, 0.15) is 5.56 Å². The monoisotopic (exact) mass is 656 g/mol. The van der Waals surface area contributed by atoms with Crippen LogP contribution in [0, 0.1) is 0 Å². The molecule has 4 rings (SSSR count). The average molecular weight is 658 g/mol. The zero-order chi connectivity index (χ0) is 29.8. The van der Waals surface area contributed by atoms with Crippen molar-refractivity contribution in [1.82, 2.24) is 20.5 Å². The maximum atomic E-state index is 12.9. The van der Waals surface area contributed by atoms with Crippen molar-refractivity contribution in [3.05, 3.63) is 57.2 Å². The number of carbonyl (C=O) groups excluding carboxylic acids is 2. The number of carbonyl (C=O) groups is 3. The lowest BCUT2D eigenvalue weighted by Gasteiger charge is -2.49. The zero-order valence-electron chi connectivity index (χ0n) is 22.0. The van der Waals surface area contributed by atoms with Gasteiger partial charge in [0.1, 0.15) is 17.1 Å². The fraction of sp³-hybridized carbons (Fsp3) is 0.320. The summed E-state index contributed by atoms with van der Waals surface area (Å²) in [5.74, 6) is -0.335. The average Bonchev–Trinajstić information content (AvgIpc) is 2.94. The first-order valence-corrected chi connectivity index (χ1v) is 16.0. The Bertz CT molecular complexity index is 1460. The Morgan fingerprint density at radius 1 is 1.32 bits per heavy atom. The molecule has 0 spiro atoms. The van der Waals surface area contributed by atoms with Crippen LogP contribution in [0.5, 0.6) is 0 Å². The Morgan fingerprint density at radius 2 is 2.07 bits per heavy atom. The molecule has 2 aliphatic rings. The minimum atomic E-state index is -1.21. The van der Waals surface area contributed by atoms with Crippen molar-refractivity contribution in [3.8, 4) is 0 Å². The van der Waals surface area contributed by atoms with Crippen LogP contribution in [-0.4, -0.2) is 68.5 Å². The summed E-state index contributed by atoms with van der Waals surface area (Å²) in [6.45, 7) is 0.491. The van der Waals surface area contributed by atoms with Crippen LogP contribution in [-0.2, 0) is 28.0 Å². The Kier molecular flexibility index (Phi) is 10.4. The number of amides is 2. The summed E-state index contributed by atoms with van der Waals surface area (Å²) in [4.78, 5) is 44.0. The van der Waals surface area contributed by atoms with Gasteiger partial charge >= 0.3 is 11.1 Å². The van der Waals surface area contributed by atoms with Crippen molar-refractivity contribution >= 4 is 87.9 Å². The van der Waals surface area contributed by atoms with E-state index in [1.807, 2.05) is 0 Å². The first-order valence-electron chi connectivity index (χ1n) is 12.2. The minimum absolute atomic E-state index is 0.0245. The number of anilines is 2. The molecule has 2 unspecified atom stereocenters. The topological polar surface area (TPSA) is 168 Å². The third-order valence-corrected chi connectivity index (χ3v) is 10.2. The van der Waals surface area contributed by atoms with E-state index in [4.69, 9.17) is 34.7 Å². The number of aliphatic carboxylic acids is 1. The second kappa shape index (κ2) is 13.6. The van der Waals surface area contributed by atoms with Gasteiger partial charge < -0.3 is 27.2 Å². The normalized spacial score (nSPS) is 18.4. The molecule has 0 aliphatic carbocycles. The Labute approximate surface area is 259 Å². The summed E-state index contributed by atoms with van der Waals surface area (Å²) in [5, 5.41) is 16.7. The standard InChI is InChI=1S/C25H27Cl2N7O4S3/c1-30-9-14-20(28)32-25(33(2)21(14)29)39-7-3-4-12-10-41-23-18(22(36)34(23)19(12)24(37)38)31-17(35)11-40-16-8-13(26)5-6-15(16)27/h3-6,8,18,23,30H,7,9-11H2,1-2H3,(H5,28,29,31,35,37,38)/p+1. The van der Waals surface area contributed by atoms with Gasteiger partial charge in [-0.2, -0.15) is 0 Å². The van der Waals surface area contributed by atoms with Crippen LogP contribution in [0.4, 0.5) is 11.6 Å². The van der Waals surface area contributed by atoms with E-state index in [9.17, 15) is 19.5 Å².